The zero-order chi connectivity index (χ0) is 40.9. The van der Waals surface area contributed by atoms with Crippen molar-refractivity contribution in [1.29, 1.82) is 0 Å². The van der Waals surface area contributed by atoms with Crippen LogP contribution < -0.4 is 10.6 Å². The highest BCUT2D eigenvalue weighted by molar-refractivity contribution is 8.44. The molecule has 0 radical (unpaired) electrons. The quantitative estimate of drug-likeness (QED) is 0.0474. The van der Waals surface area contributed by atoms with Crippen molar-refractivity contribution in [3.63, 3.8) is 0 Å². The zero-order valence-corrected chi connectivity index (χ0v) is 34.0. The van der Waals surface area contributed by atoms with Crippen molar-refractivity contribution >= 4 is 69.5 Å². The van der Waals surface area contributed by atoms with Crippen LogP contribution in [0.25, 0.3) is 22.3 Å². The number of hydrogen-bond acceptors (Lipinski definition) is 18. The molecule has 0 saturated carbocycles. The Hall–Kier alpha value is -4.44. The third-order valence-corrected chi connectivity index (χ3v) is 11.7. The molecule has 2 fully saturated rings. The van der Waals surface area contributed by atoms with Crippen molar-refractivity contribution < 1.29 is 47.1 Å². The largest absolute Gasteiger partial charge is 0.388 e. The second kappa shape index (κ2) is 18.5. The van der Waals surface area contributed by atoms with Gasteiger partial charge >= 0.3 is 15.5 Å². The standard InChI is InChI=1S/C35H39BN10O10P2S/c36-15-51-13-22-26(47)29(35(53-22)46-19-44-25-31(40-17-42-33(25)46)38-12-21-9-5-2-6-10-21)56-58(50,59)52-14-23-28(55-57-49)27(48)34(54-23)45-18-43-24-30(39-16-41-32(24)45)37-11-20-7-3-1-4-8-20/h1-10,16-19,22-23,26-29,34-35,47-48H,11-15,36H2,(H,50,59)(H,37,39,41)(H,38,40,42)/t22-,23-,26-,27-,28-,29-,34-,35-,58?/m1/s1. The van der Waals surface area contributed by atoms with Gasteiger partial charge in [0.05, 0.1) is 25.9 Å². The molecule has 9 atom stereocenters. The molecule has 6 aromatic rings. The monoisotopic (exact) mass is 864 g/mol. The maximum atomic E-state index is 14.0. The molecule has 0 bridgehead atoms. The van der Waals surface area contributed by atoms with Crippen molar-refractivity contribution in [2.75, 3.05) is 30.4 Å². The van der Waals surface area contributed by atoms with E-state index < -0.39 is 71.2 Å². The van der Waals surface area contributed by atoms with Crippen LogP contribution in [0.5, 0.6) is 0 Å². The lowest BCUT2D eigenvalue weighted by Crippen LogP contribution is -2.36. The summed E-state index contributed by atoms with van der Waals surface area (Å²) in [6, 6.07) is 19.5. The molecule has 2 aliphatic rings. The Balaban J connectivity index is 0.980. The summed E-state index contributed by atoms with van der Waals surface area (Å²) in [6.45, 7) is -3.58. The molecule has 0 amide bonds. The number of imidazole rings is 2. The average molecular weight is 865 g/mol. The molecule has 20 nitrogen and oxygen atoms in total. The minimum absolute atomic E-state index is 0.00167. The highest BCUT2D eigenvalue weighted by Crippen LogP contribution is 2.57. The maximum Gasteiger partial charge on any atom is 0.386 e. The normalized spacial score (nSPS) is 25.5. The van der Waals surface area contributed by atoms with Gasteiger partial charge in [0.25, 0.3) is 0 Å². The van der Waals surface area contributed by atoms with Gasteiger partial charge in [-0.1, -0.05) is 72.9 Å². The van der Waals surface area contributed by atoms with E-state index in [4.69, 9.17) is 27.8 Å². The molecule has 0 spiro atoms. The molecule has 4 aromatic heterocycles. The predicted molar refractivity (Wildman–Crippen MR) is 217 cm³/mol. The van der Waals surface area contributed by atoms with E-state index >= 15 is 0 Å². The number of rotatable bonds is 18. The lowest BCUT2D eigenvalue weighted by atomic mass is 10.1. The van der Waals surface area contributed by atoms with Gasteiger partial charge in [-0.05, 0) is 11.1 Å². The van der Waals surface area contributed by atoms with E-state index in [2.05, 4.69) is 52.8 Å². The Morgan fingerprint density at radius 3 is 1.88 bits per heavy atom. The third kappa shape index (κ3) is 9.03. The molecule has 308 valence electrons. The average Bonchev–Trinajstić information content (AvgIpc) is 4.03. The Labute approximate surface area is 344 Å². The fourth-order valence-corrected chi connectivity index (χ4v) is 8.76. The van der Waals surface area contributed by atoms with Crippen LogP contribution in [-0.4, -0.2) is 113 Å². The number of thiol groups is 1. The third-order valence-electron chi connectivity index (χ3n) is 9.80. The van der Waals surface area contributed by atoms with E-state index in [1.165, 1.54) is 34.4 Å². The van der Waals surface area contributed by atoms with Crippen molar-refractivity contribution in [3.05, 3.63) is 97.1 Å². The first-order chi connectivity index (χ1) is 28.7. The SMILES string of the molecule is BCOC[C@H]1O[C@@H](n2cnc3c(NCc4ccccc4)ncnc32)[C@H](OP(=O)(S)OC[C@H]2O[C@@H](n3cnc4c(NCc5ccccc5)ncnc43)[C@H](O)[C@@H]2OP=O)[C@@H]1O. The van der Waals surface area contributed by atoms with Gasteiger partial charge in [0, 0.05) is 19.6 Å². The Kier molecular flexibility index (Phi) is 12.9. The van der Waals surface area contributed by atoms with Gasteiger partial charge in [0.15, 0.2) is 46.4 Å². The van der Waals surface area contributed by atoms with Crippen molar-refractivity contribution in [2.24, 2.45) is 0 Å². The molecule has 59 heavy (non-hydrogen) atoms. The number of aromatic nitrogens is 8. The van der Waals surface area contributed by atoms with E-state index in [0.29, 0.717) is 53.6 Å². The first-order valence-electron chi connectivity index (χ1n) is 18.5. The van der Waals surface area contributed by atoms with E-state index in [1.807, 2.05) is 60.7 Å². The van der Waals surface area contributed by atoms with E-state index in [0.717, 1.165) is 11.1 Å². The molecular weight excluding hydrogens is 825 g/mol. The number of ether oxygens (including phenoxy) is 3. The summed E-state index contributed by atoms with van der Waals surface area (Å²) in [6.07, 6.45) is -4.03. The number of nitrogens with zero attached hydrogens (tertiary/aromatic N) is 8. The van der Waals surface area contributed by atoms with Crippen LogP contribution in [0.15, 0.2) is 86.0 Å². The molecule has 6 heterocycles. The lowest BCUT2D eigenvalue weighted by molar-refractivity contribution is -0.0605. The van der Waals surface area contributed by atoms with E-state index in [1.54, 1.807) is 7.85 Å². The highest BCUT2D eigenvalue weighted by Gasteiger charge is 2.51. The van der Waals surface area contributed by atoms with Gasteiger partial charge in [-0.25, -0.2) is 39.0 Å². The number of anilines is 2. The summed E-state index contributed by atoms with van der Waals surface area (Å²) in [5.74, 6) is 0.922. The number of nitrogens with one attached hydrogen (secondary N) is 2. The molecule has 0 aliphatic carbocycles. The van der Waals surface area contributed by atoms with Crippen molar-refractivity contribution in [2.45, 2.75) is 62.2 Å². The molecular formula is C35H39BN10O10P2S. The van der Waals surface area contributed by atoms with E-state index in [9.17, 15) is 19.3 Å². The van der Waals surface area contributed by atoms with Crippen LogP contribution in [0, 0.1) is 0 Å². The molecule has 2 aromatic carbocycles. The van der Waals surface area contributed by atoms with Crippen molar-refractivity contribution in [3.8, 4) is 0 Å². The summed E-state index contributed by atoms with van der Waals surface area (Å²) in [5.41, 5.74) is 3.58. The fourth-order valence-electron chi connectivity index (χ4n) is 6.94. The van der Waals surface area contributed by atoms with Gasteiger partial charge in [0.1, 0.15) is 57.1 Å². The Morgan fingerprint density at radius 1 is 0.763 bits per heavy atom. The number of benzene rings is 2. The first-order valence-corrected chi connectivity index (χ1v) is 22.0. The van der Waals surface area contributed by atoms with Gasteiger partial charge in [-0.2, -0.15) is 0 Å². The van der Waals surface area contributed by atoms with E-state index in [-0.39, 0.29) is 6.61 Å². The Morgan fingerprint density at radius 2 is 1.32 bits per heavy atom. The van der Waals surface area contributed by atoms with Crippen molar-refractivity contribution in [1.82, 2.24) is 39.0 Å². The minimum atomic E-state index is -4.37. The van der Waals surface area contributed by atoms with Gasteiger partial charge < -0.3 is 35.1 Å². The van der Waals surface area contributed by atoms with Crippen LogP contribution in [0.4, 0.5) is 11.6 Å². The molecule has 2 saturated heterocycles. The topological polar surface area (TPSA) is 241 Å². The second-order valence-electron chi connectivity index (χ2n) is 13.5. The summed E-state index contributed by atoms with van der Waals surface area (Å²) < 4.78 is 63.6. The summed E-state index contributed by atoms with van der Waals surface area (Å²) in [7, 11) is 1.05. The maximum absolute atomic E-state index is 14.0. The number of fused-ring (bicyclic) bond motifs is 2. The number of hydrogen-bond donors (Lipinski definition) is 5. The fraction of sp³-hybridized carbons (Fsp3) is 0.371. The second-order valence-corrected chi connectivity index (χ2v) is 16.8. The molecule has 1 unspecified atom stereocenters. The minimum Gasteiger partial charge on any atom is -0.388 e. The molecule has 2 aliphatic heterocycles. The molecule has 4 N–H and O–H groups in total. The van der Waals surface area contributed by atoms with Gasteiger partial charge in [-0.15, -0.1) is 0 Å². The van der Waals surface area contributed by atoms with Gasteiger partial charge in [0.2, 0.25) is 0 Å². The number of aliphatic hydroxyl groups is 2. The van der Waals surface area contributed by atoms with Crippen LogP contribution in [0.3, 0.4) is 0 Å². The number of aliphatic hydroxyl groups excluding tert-OH is 2. The summed E-state index contributed by atoms with van der Waals surface area (Å²) in [4.78, 5) is 26.5. The van der Waals surface area contributed by atoms with Crippen LogP contribution >= 0.6 is 27.7 Å². The first kappa shape index (κ1) is 41.3. The lowest BCUT2D eigenvalue weighted by Gasteiger charge is -2.25. The molecule has 24 heteroatoms. The van der Waals surface area contributed by atoms with Gasteiger partial charge in [-0.3, -0.25) is 22.7 Å². The summed E-state index contributed by atoms with van der Waals surface area (Å²) in [5, 5.41) is 29.4. The van der Waals surface area contributed by atoms with Crippen LogP contribution in [0.1, 0.15) is 23.6 Å². The zero-order valence-electron chi connectivity index (χ0n) is 31.3. The Bertz CT molecular complexity index is 2410. The van der Waals surface area contributed by atoms with Crippen LogP contribution in [0.2, 0.25) is 0 Å². The predicted octanol–water partition coefficient (Wildman–Crippen LogP) is 3.05. The smallest absolute Gasteiger partial charge is 0.386 e. The summed E-state index contributed by atoms with van der Waals surface area (Å²) >= 11 is 4.25. The van der Waals surface area contributed by atoms with Crippen LogP contribution in [-0.2, 0) is 50.0 Å². The molecule has 8 rings (SSSR count). The highest BCUT2D eigenvalue weighted by atomic mass is 32.7.